The minimum atomic E-state index is 0.249. The largest absolute Gasteiger partial charge is 0.0575 e. The highest BCUT2D eigenvalue weighted by atomic mass is 14.2. The smallest absolute Gasteiger partial charge is 0.0340 e. The molecule has 0 unspecified atom stereocenters. The van der Waals surface area contributed by atoms with Crippen molar-refractivity contribution in [2.75, 3.05) is 0 Å². The van der Waals surface area contributed by atoms with Gasteiger partial charge in [-0.05, 0) is 34.9 Å². The van der Waals surface area contributed by atoms with Gasteiger partial charge in [-0.15, -0.1) is 0 Å². The fraction of sp³-hybridized carbons (Fsp3) is 0.0526. The van der Waals surface area contributed by atoms with Gasteiger partial charge in [0, 0.05) is 5.92 Å². The minimum absolute atomic E-state index is 0.249. The summed E-state index contributed by atoms with van der Waals surface area (Å²) in [5.74, 6) is 0.249. The lowest BCUT2D eigenvalue weighted by atomic mass is 9.85. The van der Waals surface area contributed by atoms with Gasteiger partial charge in [0.15, 0.2) is 0 Å². The molecule has 3 aromatic rings. The van der Waals surface area contributed by atoms with E-state index in [-0.39, 0.29) is 5.92 Å². The molecule has 0 aliphatic carbocycles. The Labute approximate surface area is 114 Å². The highest BCUT2D eigenvalue weighted by Gasteiger charge is 2.15. The summed E-state index contributed by atoms with van der Waals surface area (Å²) in [6.45, 7) is 0. The third kappa shape index (κ3) is 2.58. The molecule has 3 rings (SSSR count). The Morgan fingerprint density at radius 2 is 0.737 bits per heavy atom. The average Bonchev–Trinajstić information content (AvgIpc) is 2.51. The molecule has 0 amide bonds. The van der Waals surface area contributed by atoms with Crippen LogP contribution in [0.25, 0.3) is 0 Å². The maximum Gasteiger partial charge on any atom is 0.0340 e. The molecule has 3 aromatic carbocycles. The van der Waals surface area contributed by atoms with E-state index in [1.165, 1.54) is 16.7 Å². The summed E-state index contributed by atoms with van der Waals surface area (Å²) in [6.07, 6.45) is 0. The summed E-state index contributed by atoms with van der Waals surface area (Å²) in [5, 5.41) is 0. The molecule has 0 heterocycles. The molecule has 0 saturated carbocycles. The molecule has 19 heavy (non-hydrogen) atoms. The van der Waals surface area contributed by atoms with E-state index in [1.807, 2.05) is 36.4 Å². The Bertz CT molecular complexity index is 518. The van der Waals surface area contributed by atoms with Gasteiger partial charge >= 0.3 is 0 Å². The molecule has 0 saturated heterocycles. The molecular weight excluding hydrogens is 228 g/mol. The average molecular weight is 241 g/mol. The first kappa shape index (κ1) is 11.7. The molecule has 0 heteroatoms. The van der Waals surface area contributed by atoms with Gasteiger partial charge < -0.3 is 0 Å². The highest BCUT2D eigenvalue weighted by molar-refractivity contribution is 5.42. The van der Waals surface area contributed by atoms with Crippen LogP contribution in [0.1, 0.15) is 22.6 Å². The number of hydrogen-bond donors (Lipinski definition) is 0. The molecule has 3 radical (unpaired) electrons. The second-order valence-electron chi connectivity index (χ2n) is 4.43. The van der Waals surface area contributed by atoms with Crippen molar-refractivity contribution >= 4 is 0 Å². The molecule has 0 fully saturated rings. The van der Waals surface area contributed by atoms with Gasteiger partial charge in [0.25, 0.3) is 0 Å². The van der Waals surface area contributed by atoms with E-state index in [2.05, 4.69) is 54.6 Å². The van der Waals surface area contributed by atoms with Crippen molar-refractivity contribution in [2.45, 2.75) is 5.92 Å². The quantitative estimate of drug-likeness (QED) is 0.601. The van der Waals surface area contributed by atoms with Crippen LogP contribution in [0.4, 0.5) is 0 Å². The lowest BCUT2D eigenvalue weighted by Gasteiger charge is -2.18. The predicted molar refractivity (Wildman–Crippen MR) is 76.8 cm³/mol. The van der Waals surface area contributed by atoms with Crippen molar-refractivity contribution in [1.82, 2.24) is 0 Å². The van der Waals surface area contributed by atoms with Crippen molar-refractivity contribution in [3.63, 3.8) is 0 Å². The summed E-state index contributed by atoms with van der Waals surface area (Å²) in [4.78, 5) is 0. The normalized spacial score (nSPS) is 10.6. The first-order valence-corrected chi connectivity index (χ1v) is 6.33. The first-order chi connectivity index (χ1) is 9.45. The molecule has 0 aromatic heterocycles. The maximum atomic E-state index is 3.08. The van der Waals surface area contributed by atoms with E-state index in [0.29, 0.717) is 0 Å². The SMILES string of the molecule is [c]1ccc(C(c2cc[c]cc2)c2cc[c]cc2)cc1. The lowest BCUT2D eigenvalue weighted by molar-refractivity contribution is 0.977. The van der Waals surface area contributed by atoms with E-state index in [4.69, 9.17) is 0 Å². The van der Waals surface area contributed by atoms with Crippen LogP contribution in [-0.2, 0) is 0 Å². The van der Waals surface area contributed by atoms with Crippen molar-refractivity contribution in [1.29, 1.82) is 0 Å². The Balaban J connectivity index is 2.12. The van der Waals surface area contributed by atoms with Crippen LogP contribution in [0.5, 0.6) is 0 Å². The van der Waals surface area contributed by atoms with Crippen LogP contribution >= 0.6 is 0 Å². The predicted octanol–water partition coefficient (Wildman–Crippen LogP) is 4.27. The van der Waals surface area contributed by atoms with Crippen molar-refractivity contribution in [2.24, 2.45) is 0 Å². The van der Waals surface area contributed by atoms with Gasteiger partial charge in [0.2, 0.25) is 0 Å². The second kappa shape index (κ2) is 5.53. The molecule has 89 valence electrons. The fourth-order valence-electron chi connectivity index (χ4n) is 2.35. The molecular formula is C19H13. The molecule has 0 atom stereocenters. The summed E-state index contributed by atoms with van der Waals surface area (Å²) >= 11 is 0. The van der Waals surface area contributed by atoms with E-state index >= 15 is 0 Å². The Morgan fingerprint density at radius 1 is 0.474 bits per heavy atom. The van der Waals surface area contributed by atoms with Crippen LogP contribution in [0, 0.1) is 18.2 Å². The first-order valence-electron chi connectivity index (χ1n) is 6.33. The van der Waals surface area contributed by atoms with Crippen molar-refractivity contribution in [3.8, 4) is 0 Å². The van der Waals surface area contributed by atoms with Gasteiger partial charge in [0.1, 0.15) is 0 Å². The van der Waals surface area contributed by atoms with Gasteiger partial charge in [0.05, 0.1) is 0 Å². The van der Waals surface area contributed by atoms with Crippen LogP contribution in [-0.4, -0.2) is 0 Å². The van der Waals surface area contributed by atoms with Gasteiger partial charge in [-0.1, -0.05) is 72.8 Å². The van der Waals surface area contributed by atoms with Gasteiger partial charge in [-0.2, -0.15) is 0 Å². The van der Waals surface area contributed by atoms with Crippen LogP contribution in [0.15, 0.2) is 72.8 Å². The van der Waals surface area contributed by atoms with Crippen LogP contribution in [0.3, 0.4) is 0 Å². The number of rotatable bonds is 3. The maximum absolute atomic E-state index is 3.08. The second-order valence-corrected chi connectivity index (χ2v) is 4.43. The third-order valence-electron chi connectivity index (χ3n) is 3.23. The molecule has 0 aliphatic heterocycles. The standard InChI is InChI=1S/C19H13/c1-4-10-16(11-5-1)19(17-12-6-2-7-13-17)18-14-8-3-9-15-18/h4-15,19H. The Kier molecular flexibility index (Phi) is 3.42. The minimum Gasteiger partial charge on any atom is -0.0575 e. The number of hydrogen-bond acceptors (Lipinski definition) is 0. The summed E-state index contributed by atoms with van der Waals surface area (Å²) in [7, 11) is 0. The Hall–Kier alpha value is -2.34. The topological polar surface area (TPSA) is 0 Å². The third-order valence-corrected chi connectivity index (χ3v) is 3.23. The monoisotopic (exact) mass is 241 g/mol. The number of benzene rings is 3. The van der Waals surface area contributed by atoms with Crippen LogP contribution < -0.4 is 0 Å². The van der Waals surface area contributed by atoms with Crippen LogP contribution in [0.2, 0.25) is 0 Å². The molecule has 0 aliphatic rings. The van der Waals surface area contributed by atoms with Gasteiger partial charge in [-0.3, -0.25) is 0 Å². The zero-order valence-electron chi connectivity index (χ0n) is 10.5. The van der Waals surface area contributed by atoms with Gasteiger partial charge in [-0.25, -0.2) is 0 Å². The summed E-state index contributed by atoms with van der Waals surface area (Å²) < 4.78 is 0. The molecule has 0 spiro atoms. The highest BCUT2D eigenvalue weighted by Crippen LogP contribution is 2.31. The Morgan fingerprint density at radius 3 is 1.00 bits per heavy atom. The summed E-state index contributed by atoms with van der Waals surface area (Å²) in [5.41, 5.74) is 3.82. The van der Waals surface area contributed by atoms with E-state index in [1.54, 1.807) is 0 Å². The zero-order chi connectivity index (χ0) is 12.9. The van der Waals surface area contributed by atoms with E-state index < -0.39 is 0 Å². The fourth-order valence-corrected chi connectivity index (χ4v) is 2.35. The van der Waals surface area contributed by atoms with E-state index in [9.17, 15) is 0 Å². The molecule has 0 N–H and O–H groups in total. The lowest BCUT2D eigenvalue weighted by Crippen LogP contribution is -2.02. The zero-order valence-corrected chi connectivity index (χ0v) is 10.5. The summed E-state index contributed by atoms with van der Waals surface area (Å²) in [6, 6.07) is 33.8. The van der Waals surface area contributed by atoms with Crippen molar-refractivity contribution in [3.05, 3.63) is 108 Å². The molecule has 0 nitrogen and oxygen atoms in total. The molecule has 0 bridgehead atoms. The van der Waals surface area contributed by atoms with E-state index in [0.717, 1.165) is 0 Å². The van der Waals surface area contributed by atoms with Crippen molar-refractivity contribution < 1.29 is 0 Å².